The summed E-state index contributed by atoms with van der Waals surface area (Å²) >= 11 is 0. The SMILES string of the molecule is CCN(CC)Cc1ccc2cc(COC(=O)Nc3ccc(C(N)=O)cc3)ccc2c1. The van der Waals surface area contributed by atoms with Crippen molar-refractivity contribution in [1.29, 1.82) is 0 Å². The van der Waals surface area contributed by atoms with Gasteiger partial charge >= 0.3 is 6.09 Å². The minimum atomic E-state index is -0.559. The minimum absolute atomic E-state index is 0.169. The number of fused-ring (bicyclic) bond motifs is 1. The van der Waals surface area contributed by atoms with Gasteiger partial charge < -0.3 is 10.5 Å². The van der Waals surface area contributed by atoms with Gasteiger partial charge in [-0.1, -0.05) is 38.1 Å². The Morgan fingerprint density at radius 3 is 2.10 bits per heavy atom. The van der Waals surface area contributed by atoms with E-state index in [4.69, 9.17) is 10.5 Å². The van der Waals surface area contributed by atoms with E-state index < -0.39 is 12.0 Å². The van der Waals surface area contributed by atoms with Crippen molar-refractivity contribution in [1.82, 2.24) is 4.90 Å². The highest BCUT2D eigenvalue weighted by Gasteiger charge is 2.07. The van der Waals surface area contributed by atoms with Crippen molar-refractivity contribution < 1.29 is 14.3 Å². The maximum Gasteiger partial charge on any atom is 0.411 e. The molecule has 3 aromatic rings. The highest BCUT2D eigenvalue weighted by atomic mass is 16.5. The Morgan fingerprint density at radius 2 is 1.50 bits per heavy atom. The van der Waals surface area contributed by atoms with Crippen LogP contribution in [0.1, 0.15) is 35.3 Å². The molecule has 0 unspecified atom stereocenters. The van der Waals surface area contributed by atoms with Crippen molar-refractivity contribution in [2.75, 3.05) is 18.4 Å². The molecular weight excluding hydrogens is 378 g/mol. The highest BCUT2D eigenvalue weighted by molar-refractivity contribution is 5.93. The number of ether oxygens (including phenoxy) is 1. The first-order valence-electron chi connectivity index (χ1n) is 10.1. The van der Waals surface area contributed by atoms with Crippen LogP contribution in [0.25, 0.3) is 10.8 Å². The van der Waals surface area contributed by atoms with Gasteiger partial charge in [-0.25, -0.2) is 4.79 Å². The Kier molecular flexibility index (Phi) is 7.03. The fourth-order valence-corrected chi connectivity index (χ4v) is 3.26. The number of rotatable bonds is 8. The van der Waals surface area contributed by atoms with Crippen LogP contribution in [0.5, 0.6) is 0 Å². The van der Waals surface area contributed by atoms with Crippen molar-refractivity contribution in [3.05, 3.63) is 77.4 Å². The smallest absolute Gasteiger partial charge is 0.411 e. The summed E-state index contributed by atoms with van der Waals surface area (Å²) in [5, 5.41) is 4.92. The lowest BCUT2D eigenvalue weighted by Crippen LogP contribution is -2.21. The lowest BCUT2D eigenvalue weighted by Gasteiger charge is -2.18. The van der Waals surface area contributed by atoms with E-state index in [2.05, 4.69) is 48.3 Å². The van der Waals surface area contributed by atoms with Crippen molar-refractivity contribution in [3.8, 4) is 0 Å². The Labute approximate surface area is 176 Å². The molecule has 0 aromatic heterocycles. The average molecular weight is 405 g/mol. The van der Waals surface area contributed by atoms with Crippen LogP contribution in [-0.2, 0) is 17.9 Å². The van der Waals surface area contributed by atoms with Crippen LogP contribution in [0.4, 0.5) is 10.5 Å². The van der Waals surface area contributed by atoms with Crippen molar-refractivity contribution in [2.24, 2.45) is 5.73 Å². The standard InChI is InChI=1S/C24H27N3O3/c1-3-27(4-2)15-17-5-7-21-14-18(6-8-20(21)13-17)16-30-24(29)26-22-11-9-19(10-12-22)23(25)28/h5-14H,3-4,15-16H2,1-2H3,(H2,25,28)(H,26,29). The van der Waals surface area contributed by atoms with Gasteiger partial charge in [0.15, 0.2) is 0 Å². The number of carbonyl (C=O) groups excluding carboxylic acids is 2. The lowest BCUT2D eigenvalue weighted by molar-refractivity contribution is 0.1000. The van der Waals surface area contributed by atoms with Crippen LogP contribution >= 0.6 is 0 Å². The van der Waals surface area contributed by atoms with E-state index >= 15 is 0 Å². The second-order valence-electron chi connectivity index (χ2n) is 7.12. The zero-order chi connectivity index (χ0) is 21.5. The van der Waals surface area contributed by atoms with Gasteiger partial charge in [0.2, 0.25) is 5.91 Å². The molecule has 0 bridgehead atoms. The number of hydrogen-bond donors (Lipinski definition) is 2. The average Bonchev–Trinajstić information content (AvgIpc) is 2.76. The third kappa shape index (κ3) is 5.58. The summed E-state index contributed by atoms with van der Waals surface area (Å²) in [7, 11) is 0. The fraction of sp³-hybridized carbons (Fsp3) is 0.250. The maximum atomic E-state index is 12.0. The van der Waals surface area contributed by atoms with Gasteiger partial charge in [-0.15, -0.1) is 0 Å². The van der Waals surface area contributed by atoms with E-state index in [0.29, 0.717) is 11.3 Å². The number of benzene rings is 3. The molecule has 156 valence electrons. The van der Waals surface area contributed by atoms with Gasteiger partial charge in [0.1, 0.15) is 6.61 Å². The summed E-state index contributed by atoms with van der Waals surface area (Å²) in [6.45, 7) is 7.51. The number of nitrogens with zero attached hydrogens (tertiary/aromatic N) is 1. The lowest BCUT2D eigenvalue weighted by atomic mass is 10.0. The first-order chi connectivity index (χ1) is 14.5. The predicted octanol–water partition coefficient (Wildman–Crippen LogP) is 4.53. The number of carbonyl (C=O) groups is 2. The molecule has 0 radical (unpaired) electrons. The number of nitrogens with one attached hydrogen (secondary N) is 1. The van der Waals surface area contributed by atoms with Crippen LogP contribution in [0.15, 0.2) is 60.7 Å². The normalized spacial score (nSPS) is 10.9. The third-order valence-corrected chi connectivity index (χ3v) is 5.06. The fourth-order valence-electron chi connectivity index (χ4n) is 3.26. The zero-order valence-electron chi connectivity index (χ0n) is 17.4. The van der Waals surface area contributed by atoms with Gasteiger partial charge in [0.05, 0.1) is 0 Å². The van der Waals surface area contributed by atoms with Crippen LogP contribution in [0.3, 0.4) is 0 Å². The zero-order valence-corrected chi connectivity index (χ0v) is 17.4. The van der Waals surface area contributed by atoms with Gasteiger partial charge in [0.25, 0.3) is 0 Å². The molecule has 0 aliphatic carbocycles. The molecule has 3 aromatic carbocycles. The molecule has 6 heteroatoms. The monoisotopic (exact) mass is 405 g/mol. The molecule has 2 amide bonds. The van der Waals surface area contributed by atoms with Gasteiger partial charge in [-0.3, -0.25) is 15.0 Å². The van der Waals surface area contributed by atoms with Gasteiger partial charge in [-0.05, 0) is 71.4 Å². The topological polar surface area (TPSA) is 84.7 Å². The second-order valence-corrected chi connectivity index (χ2v) is 7.12. The summed E-state index contributed by atoms with van der Waals surface area (Å²) in [4.78, 5) is 25.5. The van der Waals surface area contributed by atoms with E-state index in [1.165, 1.54) is 10.9 Å². The highest BCUT2D eigenvalue weighted by Crippen LogP contribution is 2.20. The predicted molar refractivity (Wildman–Crippen MR) is 119 cm³/mol. The molecule has 0 fully saturated rings. The molecule has 0 saturated carbocycles. The Hall–Kier alpha value is -3.38. The Bertz CT molecular complexity index is 1030. The van der Waals surface area contributed by atoms with Crippen LogP contribution in [0, 0.1) is 0 Å². The van der Waals surface area contributed by atoms with Gasteiger partial charge in [0, 0.05) is 17.8 Å². The summed E-state index contributed by atoms with van der Waals surface area (Å²) in [6.07, 6.45) is -0.559. The van der Waals surface area contributed by atoms with Crippen LogP contribution in [-0.4, -0.2) is 30.0 Å². The molecule has 0 aliphatic rings. The van der Waals surface area contributed by atoms with Crippen LogP contribution < -0.4 is 11.1 Å². The first kappa shape index (κ1) is 21.3. The molecule has 30 heavy (non-hydrogen) atoms. The van der Waals surface area contributed by atoms with Gasteiger partial charge in [-0.2, -0.15) is 0 Å². The largest absolute Gasteiger partial charge is 0.444 e. The number of amides is 2. The number of nitrogens with two attached hydrogens (primary N) is 1. The molecule has 0 saturated heterocycles. The first-order valence-corrected chi connectivity index (χ1v) is 10.1. The molecule has 3 N–H and O–H groups in total. The van der Waals surface area contributed by atoms with E-state index in [1.54, 1.807) is 24.3 Å². The quantitative estimate of drug-likeness (QED) is 0.577. The van der Waals surface area contributed by atoms with E-state index in [9.17, 15) is 9.59 Å². The Morgan fingerprint density at radius 1 is 0.900 bits per heavy atom. The molecule has 0 heterocycles. The van der Waals surface area contributed by atoms with E-state index in [1.807, 2.05) is 12.1 Å². The molecular formula is C24H27N3O3. The third-order valence-electron chi connectivity index (χ3n) is 5.06. The van der Waals surface area contributed by atoms with Crippen molar-refractivity contribution in [2.45, 2.75) is 27.0 Å². The number of primary amides is 1. The summed E-state index contributed by atoms with van der Waals surface area (Å²) < 4.78 is 5.32. The second kappa shape index (κ2) is 9.89. The Balaban J connectivity index is 1.58. The summed E-state index contributed by atoms with van der Waals surface area (Å²) in [5.74, 6) is -0.513. The number of hydrogen-bond acceptors (Lipinski definition) is 4. The molecule has 0 aliphatic heterocycles. The van der Waals surface area contributed by atoms with Crippen LogP contribution in [0.2, 0.25) is 0 Å². The van der Waals surface area contributed by atoms with E-state index in [-0.39, 0.29) is 6.61 Å². The molecule has 0 atom stereocenters. The minimum Gasteiger partial charge on any atom is -0.444 e. The summed E-state index contributed by atoms with van der Waals surface area (Å²) in [5.41, 5.74) is 8.32. The molecule has 0 spiro atoms. The summed E-state index contributed by atoms with van der Waals surface area (Å²) in [6, 6.07) is 18.8. The van der Waals surface area contributed by atoms with Crippen molar-refractivity contribution in [3.63, 3.8) is 0 Å². The van der Waals surface area contributed by atoms with E-state index in [0.717, 1.165) is 30.6 Å². The maximum absolute atomic E-state index is 12.0. The van der Waals surface area contributed by atoms with Crippen molar-refractivity contribution >= 4 is 28.5 Å². The number of anilines is 1. The molecule has 3 rings (SSSR count). The molecule has 6 nitrogen and oxygen atoms in total.